The maximum absolute atomic E-state index is 11.0. The largest absolute Gasteiger partial charge is 0.480 e. The smallest absolute Gasteiger partial charge is 0.322 e. The topological polar surface area (TPSA) is 148 Å². The van der Waals surface area contributed by atoms with Crippen molar-refractivity contribution in [2.24, 2.45) is 20.5 Å². The summed E-state index contributed by atoms with van der Waals surface area (Å²) in [6.45, 7) is -0.348. The van der Waals surface area contributed by atoms with Gasteiger partial charge in [0.25, 0.3) is 0 Å². The third kappa shape index (κ3) is 6.87. The highest BCUT2D eigenvalue weighted by atomic mass is 16.4. The molecule has 0 heterocycles. The summed E-state index contributed by atoms with van der Waals surface area (Å²) >= 11 is 0. The Hall–Kier alpha value is -6.42. The molecule has 6 rings (SSSR count). The average Bonchev–Trinajstić information content (AvgIpc) is 3.08. The van der Waals surface area contributed by atoms with Gasteiger partial charge >= 0.3 is 11.9 Å². The number of carboxylic acid groups (broad SMARTS) is 2. The van der Waals surface area contributed by atoms with Crippen molar-refractivity contribution in [1.29, 1.82) is 0 Å². The number of carboxylic acids is 2. The molecule has 0 saturated heterocycles. The summed E-state index contributed by atoms with van der Waals surface area (Å²) in [7, 11) is 0. The van der Waals surface area contributed by atoms with Crippen molar-refractivity contribution in [2.45, 2.75) is 0 Å². The first-order valence-electron chi connectivity index (χ1n) is 14.4. The molecule has 0 aliphatic heterocycles. The molecular formula is C36H28N6O4. The monoisotopic (exact) mass is 608 g/mol. The van der Waals surface area contributed by atoms with Crippen LogP contribution in [0.5, 0.6) is 0 Å². The molecule has 0 amide bonds. The fourth-order valence-electron chi connectivity index (χ4n) is 5.06. The van der Waals surface area contributed by atoms with Crippen molar-refractivity contribution < 1.29 is 19.8 Å². The number of anilines is 2. The number of benzene rings is 6. The van der Waals surface area contributed by atoms with Crippen LogP contribution in [0.15, 0.2) is 142 Å². The zero-order chi connectivity index (χ0) is 31.9. The molecule has 0 aliphatic rings. The van der Waals surface area contributed by atoms with E-state index in [1.165, 1.54) is 0 Å². The molecule has 0 radical (unpaired) electrons. The minimum Gasteiger partial charge on any atom is -0.480 e. The van der Waals surface area contributed by atoms with E-state index in [0.29, 0.717) is 22.7 Å². The van der Waals surface area contributed by atoms with Crippen LogP contribution in [0.25, 0.3) is 32.7 Å². The van der Waals surface area contributed by atoms with Crippen LogP contribution in [0.3, 0.4) is 0 Å². The van der Waals surface area contributed by atoms with Gasteiger partial charge in [-0.2, -0.15) is 10.2 Å². The Bertz CT molecular complexity index is 1960. The van der Waals surface area contributed by atoms with Crippen LogP contribution in [-0.4, -0.2) is 35.2 Å². The summed E-state index contributed by atoms with van der Waals surface area (Å²) in [5.41, 5.74) is 6.24. The first kappa shape index (κ1) is 29.6. The average molecular weight is 609 g/mol. The molecule has 10 nitrogen and oxygen atoms in total. The van der Waals surface area contributed by atoms with Crippen LogP contribution in [0.1, 0.15) is 0 Å². The maximum atomic E-state index is 11.0. The zero-order valence-corrected chi connectivity index (χ0v) is 24.5. The van der Waals surface area contributed by atoms with Crippen molar-refractivity contribution in [1.82, 2.24) is 0 Å². The number of nitrogens with one attached hydrogen (secondary N) is 2. The molecule has 226 valence electrons. The van der Waals surface area contributed by atoms with Crippen LogP contribution in [0.4, 0.5) is 34.1 Å². The molecule has 0 aromatic heterocycles. The minimum atomic E-state index is -0.931. The number of aliphatic carboxylic acids is 2. The Balaban J connectivity index is 1.15. The maximum Gasteiger partial charge on any atom is 0.322 e. The Kier molecular flexibility index (Phi) is 8.69. The van der Waals surface area contributed by atoms with Crippen LogP contribution < -0.4 is 10.6 Å². The molecule has 0 fully saturated rings. The molecule has 0 unspecified atom stereocenters. The van der Waals surface area contributed by atoms with Gasteiger partial charge in [-0.05, 0) is 59.7 Å². The molecule has 0 spiro atoms. The molecule has 10 heteroatoms. The lowest BCUT2D eigenvalue weighted by atomic mass is 10.1. The SMILES string of the molecule is O=C(O)CNc1ccc(N=Nc2ccc(-c3ccc(N=Nc4ccc(NCC(=O)O)c5ccccc45)cc3)cc2)c2ccccc12. The molecule has 6 aromatic rings. The number of hydrogen-bond donors (Lipinski definition) is 4. The Morgan fingerprint density at radius 3 is 1.20 bits per heavy atom. The Labute approximate surface area is 263 Å². The molecule has 6 aromatic carbocycles. The van der Waals surface area contributed by atoms with E-state index in [-0.39, 0.29) is 13.1 Å². The van der Waals surface area contributed by atoms with Gasteiger partial charge < -0.3 is 20.8 Å². The minimum absolute atomic E-state index is 0.174. The van der Waals surface area contributed by atoms with E-state index in [0.717, 1.165) is 44.0 Å². The van der Waals surface area contributed by atoms with Crippen molar-refractivity contribution >= 4 is 67.6 Å². The molecular weight excluding hydrogens is 580 g/mol. The summed E-state index contributed by atoms with van der Waals surface area (Å²) in [5, 5.41) is 45.2. The lowest BCUT2D eigenvalue weighted by Gasteiger charge is -2.09. The first-order valence-corrected chi connectivity index (χ1v) is 14.4. The second kappa shape index (κ2) is 13.5. The second-order valence-corrected chi connectivity index (χ2v) is 10.3. The molecule has 4 N–H and O–H groups in total. The highest BCUT2D eigenvalue weighted by Crippen LogP contribution is 2.35. The van der Waals surface area contributed by atoms with Crippen molar-refractivity contribution in [3.63, 3.8) is 0 Å². The summed E-state index contributed by atoms with van der Waals surface area (Å²) in [6.07, 6.45) is 0. The predicted octanol–water partition coefficient (Wildman–Crippen LogP) is 9.48. The number of nitrogens with zero attached hydrogens (tertiary/aromatic N) is 4. The van der Waals surface area contributed by atoms with E-state index in [1.54, 1.807) is 0 Å². The van der Waals surface area contributed by atoms with Gasteiger partial charge in [0.2, 0.25) is 0 Å². The summed E-state index contributed by atoms with van der Waals surface area (Å²) in [6, 6.07) is 38.1. The quantitative estimate of drug-likeness (QED) is 0.108. The van der Waals surface area contributed by atoms with Crippen molar-refractivity contribution in [2.75, 3.05) is 23.7 Å². The van der Waals surface area contributed by atoms with Gasteiger partial charge in [-0.15, -0.1) is 10.2 Å². The predicted molar refractivity (Wildman–Crippen MR) is 180 cm³/mol. The van der Waals surface area contributed by atoms with Crippen LogP contribution >= 0.6 is 0 Å². The van der Waals surface area contributed by atoms with E-state index >= 15 is 0 Å². The normalized spacial score (nSPS) is 11.4. The lowest BCUT2D eigenvalue weighted by molar-refractivity contribution is -0.135. The Morgan fingerprint density at radius 1 is 0.457 bits per heavy atom. The number of carbonyl (C=O) groups is 2. The summed E-state index contributed by atoms with van der Waals surface area (Å²) in [5.74, 6) is -1.86. The van der Waals surface area contributed by atoms with E-state index in [2.05, 4.69) is 31.1 Å². The van der Waals surface area contributed by atoms with E-state index < -0.39 is 11.9 Å². The van der Waals surface area contributed by atoms with Gasteiger partial charge in [0.1, 0.15) is 13.1 Å². The van der Waals surface area contributed by atoms with Gasteiger partial charge in [-0.25, -0.2) is 0 Å². The van der Waals surface area contributed by atoms with E-state index in [9.17, 15) is 9.59 Å². The molecule has 0 saturated carbocycles. The second-order valence-electron chi connectivity index (χ2n) is 10.3. The highest BCUT2D eigenvalue weighted by Gasteiger charge is 2.08. The molecule has 46 heavy (non-hydrogen) atoms. The molecule has 0 aliphatic carbocycles. The molecule has 0 atom stereocenters. The standard InChI is InChI=1S/C36H28N6O4/c43-35(44)21-37-31-17-19-33(29-7-3-1-5-27(29)31)41-39-25-13-9-23(10-14-25)24-11-15-26(16-12-24)40-42-34-20-18-32(38-22-36(45)46)28-6-2-4-8-30(28)34/h1-20,37-38H,21-22H2,(H,43,44)(H,45,46). The van der Waals surface area contributed by atoms with E-state index in [4.69, 9.17) is 10.2 Å². The van der Waals surface area contributed by atoms with Gasteiger partial charge in [0, 0.05) is 32.9 Å². The van der Waals surface area contributed by atoms with Gasteiger partial charge in [-0.1, -0.05) is 72.8 Å². The van der Waals surface area contributed by atoms with Crippen molar-refractivity contribution in [3.8, 4) is 11.1 Å². The number of hydrogen-bond acceptors (Lipinski definition) is 8. The van der Waals surface area contributed by atoms with Crippen LogP contribution in [-0.2, 0) is 9.59 Å². The number of rotatable bonds is 11. The fraction of sp³-hybridized carbons (Fsp3) is 0.0556. The van der Waals surface area contributed by atoms with Crippen molar-refractivity contribution in [3.05, 3.63) is 121 Å². The van der Waals surface area contributed by atoms with Gasteiger partial charge in [0.15, 0.2) is 0 Å². The van der Waals surface area contributed by atoms with Gasteiger partial charge in [0.05, 0.1) is 22.7 Å². The van der Waals surface area contributed by atoms with Crippen LogP contribution in [0.2, 0.25) is 0 Å². The van der Waals surface area contributed by atoms with Crippen LogP contribution in [0, 0.1) is 0 Å². The number of fused-ring (bicyclic) bond motifs is 2. The highest BCUT2D eigenvalue weighted by molar-refractivity contribution is 6.02. The first-order chi connectivity index (χ1) is 22.4. The van der Waals surface area contributed by atoms with E-state index in [1.807, 2.05) is 121 Å². The third-order valence-corrected chi connectivity index (χ3v) is 7.28. The van der Waals surface area contributed by atoms with Gasteiger partial charge in [-0.3, -0.25) is 9.59 Å². The summed E-state index contributed by atoms with van der Waals surface area (Å²) < 4.78 is 0. The Morgan fingerprint density at radius 2 is 0.826 bits per heavy atom. The lowest BCUT2D eigenvalue weighted by Crippen LogP contribution is -2.12. The summed E-state index contributed by atoms with van der Waals surface area (Å²) in [4.78, 5) is 22.0. The fourth-order valence-corrected chi connectivity index (χ4v) is 5.06. The molecule has 0 bridgehead atoms. The number of azo groups is 2. The third-order valence-electron chi connectivity index (χ3n) is 7.28. The zero-order valence-electron chi connectivity index (χ0n) is 24.5.